The molecule has 0 radical (unpaired) electrons. The van der Waals surface area contributed by atoms with Crippen molar-refractivity contribution in [2.24, 2.45) is 5.73 Å². The first kappa shape index (κ1) is 13.8. The standard InChI is InChI=1S/C11H23N3OS/c1-3-13-11(15)6-10(7-12)14(2)9-4-5-16-8-9/h9-10H,3-8,12H2,1-2H3,(H,13,15). The van der Waals surface area contributed by atoms with E-state index < -0.39 is 0 Å². The summed E-state index contributed by atoms with van der Waals surface area (Å²) in [6, 6.07) is 0.767. The molecule has 0 aromatic carbocycles. The number of nitrogens with one attached hydrogen (secondary N) is 1. The van der Waals surface area contributed by atoms with Crippen LogP contribution in [-0.2, 0) is 4.79 Å². The molecule has 0 saturated carbocycles. The minimum Gasteiger partial charge on any atom is -0.356 e. The average molecular weight is 245 g/mol. The first-order chi connectivity index (χ1) is 7.69. The summed E-state index contributed by atoms with van der Waals surface area (Å²) in [6.45, 7) is 3.18. The molecular formula is C11H23N3OS. The highest BCUT2D eigenvalue weighted by Crippen LogP contribution is 2.23. The average Bonchev–Trinajstić information content (AvgIpc) is 2.78. The molecule has 1 aliphatic rings. The molecule has 4 nitrogen and oxygen atoms in total. The zero-order valence-electron chi connectivity index (χ0n) is 10.2. The summed E-state index contributed by atoms with van der Waals surface area (Å²) in [5.41, 5.74) is 5.76. The summed E-state index contributed by atoms with van der Waals surface area (Å²) in [7, 11) is 2.09. The molecule has 2 atom stereocenters. The Morgan fingerprint density at radius 3 is 2.94 bits per heavy atom. The predicted octanol–water partition coefficient (Wildman–Crippen LogP) is 0.277. The molecule has 0 aliphatic carbocycles. The number of hydrogen-bond acceptors (Lipinski definition) is 4. The van der Waals surface area contributed by atoms with Crippen molar-refractivity contribution in [2.75, 3.05) is 31.6 Å². The van der Waals surface area contributed by atoms with Gasteiger partial charge in [0.1, 0.15) is 0 Å². The highest BCUT2D eigenvalue weighted by atomic mass is 32.2. The quantitative estimate of drug-likeness (QED) is 0.705. The van der Waals surface area contributed by atoms with E-state index in [4.69, 9.17) is 5.73 Å². The number of nitrogens with two attached hydrogens (primary N) is 1. The van der Waals surface area contributed by atoms with Crippen molar-refractivity contribution in [3.63, 3.8) is 0 Å². The van der Waals surface area contributed by atoms with Crippen molar-refractivity contribution in [1.29, 1.82) is 0 Å². The molecule has 1 aliphatic heterocycles. The normalized spacial score (nSPS) is 22.4. The maximum absolute atomic E-state index is 11.5. The van der Waals surface area contributed by atoms with Crippen molar-refractivity contribution >= 4 is 17.7 Å². The zero-order valence-corrected chi connectivity index (χ0v) is 11.1. The second kappa shape index (κ2) is 7.14. The Morgan fingerprint density at radius 1 is 1.69 bits per heavy atom. The van der Waals surface area contributed by atoms with Gasteiger partial charge in [-0.2, -0.15) is 11.8 Å². The van der Waals surface area contributed by atoms with Crippen LogP contribution in [0.4, 0.5) is 0 Å². The molecule has 1 fully saturated rings. The monoisotopic (exact) mass is 245 g/mol. The van der Waals surface area contributed by atoms with Crippen LogP contribution in [0.15, 0.2) is 0 Å². The molecule has 0 spiro atoms. The van der Waals surface area contributed by atoms with Gasteiger partial charge in [0.2, 0.25) is 5.91 Å². The van der Waals surface area contributed by atoms with Crippen LogP contribution in [0.1, 0.15) is 19.8 Å². The SMILES string of the molecule is CCNC(=O)CC(CN)N(C)C1CCSC1. The van der Waals surface area contributed by atoms with Crippen molar-refractivity contribution in [3.05, 3.63) is 0 Å². The van der Waals surface area contributed by atoms with Gasteiger partial charge in [-0.1, -0.05) is 0 Å². The van der Waals surface area contributed by atoms with Gasteiger partial charge in [-0.05, 0) is 26.1 Å². The summed E-state index contributed by atoms with van der Waals surface area (Å²) < 4.78 is 0. The van der Waals surface area contributed by atoms with Crippen LogP contribution < -0.4 is 11.1 Å². The van der Waals surface area contributed by atoms with Gasteiger partial charge in [0.15, 0.2) is 0 Å². The Kier molecular flexibility index (Phi) is 6.16. The summed E-state index contributed by atoms with van der Waals surface area (Å²) in [4.78, 5) is 13.8. The maximum atomic E-state index is 11.5. The number of likely N-dealkylation sites (N-methyl/N-ethyl adjacent to an activating group) is 1. The fraction of sp³-hybridized carbons (Fsp3) is 0.909. The molecular weight excluding hydrogens is 222 g/mol. The molecule has 94 valence electrons. The Labute approximate surface area is 102 Å². The fourth-order valence-electron chi connectivity index (χ4n) is 2.02. The predicted molar refractivity (Wildman–Crippen MR) is 69.6 cm³/mol. The molecule has 1 heterocycles. The van der Waals surface area contributed by atoms with Crippen LogP contribution >= 0.6 is 11.8 Å². The van der Waals surface area contributed by atoms with E-state index in [1.54, 1.807) is 0 Å². The maximum Gasteiger partial charge on any atom is 0.221 e. The zero-order chi connectivity index (χ0) is 12.0. The number of carbonyl (C=O) groups excluding carboxylic acids is 1. The first-order valence-corrected chi connectivity index (χ1v) is 7.11. The minimum absolute atomic E-state index is 0.107. The van der Waals surface area contributed by atoms with Gasteiger partial charge in [0.05, 0.1) is 0 Å². The van der Waals surface area contributed by atoms with E-state index in [2.05, 4.69) is 17.3 Å². The summed E-state index contributed by atoms with van der Waals surface area (Å²) in [6.07, 6.45) is 1.73. The molecule has 3 N–H and O–H groups in total. The van der Waals surface area contributed by atoms with Gasteiger partial charge >= 0.3 is 0 Å². The summed E-state index contributed by atoms with van der Waals surface area (Å²) in [5.74, 6) is 2.51. The van der Waals surface area contributed by atoms with Crippen molar-refractivity contribution in [3.8, 4) is 0 Å². The van der Waals surface area contributed by atoms with Crippen LogP contribution in [0.5, 0.6) is 0 Å². The van der Waals surface area contributed by atoms with Gasteiger partial charge in [-0.25, -0.2) is 0 Å². The third-order valence-corrected chi connectivity index (χ3v) is 4.27. The largest absolute Gasteiger partial charge is 0.356 e. The van der Waals surface area contributed by atoms with Gasteiger partial charge in [0.25, 0.3) is 0 Å². The van der Waals surface area contributed by atoms with Gasteiger partial charge < -0.3 is 11.1 Å². The topological polar surface area (TPSA) is 58.4 Å². The van der Waals surface area contributed by atoms with Crippen LogP contribution in [0.2, 0.25) is 0 Å². The summed E-state index contributed by atoms with van der Waals surface area (Å²) in [5, 5.41) is 2.83. The number of thioether (sulfide) groups is 1. The molecule has 0 aromatic rings. The molecule has 1 saturated heterocycles. The van der Waals surface area contributed by atoms with E-state index in [0.29, 0.717) is 25.6 Å². The Morgan fingerprint density at radius 2 is 2.44 bits per heavy atom. The lowest BCUT2D eigenvalue weighted by Gasteiger charge is -2.31. The number of hydrogen-bond donors (Lipinski definition) is 2. The number of amides is 1. The van der Waals surface area contributed by atoms with Crippen LogP contribution in [0.3, 0.4) is 0 Å². The van der Waals surface area contributed by atoms with E-state index in [9.17, 15) is 4.79 Å². The lowest BCUT2D eigenvalue weighted by molar-refractivity contribution is -0.122. The van der Waals surface area contributed by atoms with Crippen molar-refractivity contribution in [2.45, 2.75) is 31.8 Å². The molecule has 1 amide bonds. The second-order valence-corrected chi connectivity index (χ2v) is 5.38. The van der Waals surface area contributed by atoms with Crippen LogP contribution in [-0.4, -0.2) is 54.5 Å². The lowest BCUT2D eigenvalue weighted by atomic mass is 10.1. The number of carbonyl (C=O) groups is 1. The fourth-order valence-corrected chi connectivity index (χ4v) is 3.30. The van der Waals surface area contributed by atoms with E-state index in [1.165, 1.54) is 17.9 Å². The minimum atomic E-state index is 0.107. The van der Waals surface area contributed by atoms with E-state index >= 15 is 0 Å². The Bertz CT molecular complexity index is 219. The van der Waals surface area contributed by atoms with E-state index in [1.807, 2.05) is 18.7 Å². The summed E-state index contributed by atoms with van der Waals surface area (Å²) >= 11 is 1.98. The van der Waals surface area contributed by atoms with Crippen LogP contribution in [0, 0.1) is 0 Å². The third kappa shape index (κ3) is 3.96. The Balaban J connectivity index is 2.42. The van der Waals surface area contributed by atoms with Crippen LogP contribution in [0.25, 0.3) is 0 Å². The van der Waals surface area contributed by atoms with E-state index in [-0.39, 0.29) is 11.9 Å². The third-order valence-electron chi connectivity index (χ3n) is 3.12. The highest BCUT2D eigenvalue weighted by molar-refractivity contribution is 7.99. The van der Waals surface area contributed by atoms with Gasteiger partial charge in [0, 0.05) is 37.3 Å². The van der Waals surface area contributed by atoms with Gasteiger partial charge in [-0.3, -0.25) is 9.69 Å². The molecule has 2 unspecified atom stereocenters. The van der Waals surface area contributed by atoms with Crippen molar-refractivity contribution < 1.29 is 4.79 Å². The molecule has 0 bridgehead atoms. The molecule has 1 rings (SSSR count). The number of rotatable bonds is 6. The van der Waals surface area contributed by atoms with E-state index in [0.717, 1.165) is 0 Å². The molecule has 16 heavy (non-hydrogen) atoms. The smallest absolute Gasteiger partial charge is 0.221 e. The second-order valence-electron chi connectivity index (χ2n) is 4.23. The first-order valence-electron chi connectivity index (χ1n) is 5.95. The Hall–Kier alpha value is -0.260. The number of nitrogens with zero attached hydrogens (tertiary/aromatic N) is 1. The van der Waals surface area contributed by atoms with Crippen molar-refractivity contribution in [1.82, 2.24) is 10.2 Å². The molecule has 5 heteroatoms. The van der Waals surface area contributed by atoms with Gasteiger partial charge in [-0.15, -0.1) is 0 Å². The lowest BCUT2D eigenvalue weighted by Crippen LogP contribution is -2.46. The molecule has 0 aromatic heterocycles. The highest BCUT2D eigenvalue weighted by Gasteiger charge is 2.26.